The van der Waals surface area contributed by atoms with Crippen LogP contribution < -0.4 is 0 Å². The van der Waals surface area contributed by atoms with Gasteiger partial charge in [-0.3, -0.25) is 0 Å². The normalized spacial score (nSPS) is 29.3. The lowest BCUT2D eigenvalue weighted by Gasteiger charge is -2.31. The van der Waals surface area contributed by atoms with Crippen molar-refractivity contribution in [1.29, 1.82) is 0 Å². The molecule has 0 saturated carbocycles. The second kappa shape index (κ2) is 7.01. The van der Waals surface area contributed by atoms with E-state index in [4.69, 9.17) is 12.6 Å². The summed E-state index contributed by atoms with van der Waals surface area (Å²) in [6.45, 7) is 5.86. The Morgan fingerprint density at radius 3 is 2.68 bits per heavy atom. The number of rotatable bonds is 5. The number of allylic oxidation sites excluding steroid dienone is 5. The molecule has 1 nitrogen and oxygen atoms in total. The first-order valence-electron chi connectivity index (χ1n) is 8.23. The van der Waals surface area contributed by atoms with Crippen molar-refractivity contribution in [3.8, 4) is 0 Å². The van der Waals surface area contributed by atoms with Crippen molar-refractivity contribution in [1.82, 2.24) is 0 Å². The van der Waals surface area contributed by atoms with E-state index in [9.17, 15) is 8.78 Å². The topological polar surface area (TPSA) is 9.23 Å². The second-order valence-electron chi connectivity index (χ2n) is 6.69. The van der Waals surface area contributed by atoms with E-state index in [1.54, 1.807) is 18.2 Å². The molecular weight excluding hydrogens is 281 g/mol. The van der Waals surface area contributed by atoms with E-state index in [1.165, 1.54) is 6.92 Å². The molecule has 3 atom stereocenters. The Kier molecular flexibility index (Phi) is 5.52. The van der Waals surface area contributed by atoms with Crippen molar-refractivity contribution >= 4 is 7.85 Å². The molecular formula is C18H25BF2O. The lowest BCUT2D eigenvalue weighted by atomic mass is 9.67. The smallest absolute Gasteiger partial charge is 0.254 e. The molecule has 0 N–H and O–H groups in total. The first-order valence-corrected chi connectivity index (χ1v) is 8.23. The summed E-state index contributed by atoms with van der Waals surface area (Å²) < 4.78 is 33.5. The molecule has 0 aliphatic heterocycles. The molecule has 0 amide bonds. The molecule has 0 saturated heterocycles. The van der Waals surface area contributed by atoms with Crippen molar-refractivity contribution in [3.63, 3.8) is 0 Å². The lowest BCUT2D eigenvalue weighted by molar-refractivity contribution is -0.0442. The summed E-state index contributed by atoms with van der Waals surface area (Å²) in [5, 5.41) is 0. The monoisotopic (exact) mass is 306 g/mol. The minimum absolute atomic E-state index is 0.0233. The predicted molar refractivity (Wildman–Crippen MR) is 86.8 cm³/mol. The third kappa shape index (κ3) is 4.02. The Labute approximate surface area is 133 Å². The summed E-state index contributed by atoms with van der Waals surface area (Å²) in [6.07, 6.45) is 9.06. The van der Waals surface area contributed by atoms with Crippen LogP contribution in [0.5, 0.6) is 0 Å². The first kappa shape index (κ1) is 17.3. The highest BCUT2D eigenvalue weighted by Gasteiger charge is 2.36. The molecule has 0 aromatic rings. The summed E-state index contributed by atoms with van der Waals surface area (Å²) in [4.78, 5) is 0. The fourth-order valence-corrected chi connectivity index (χ4v) is 3.21. The molecule has 0 fully saturated rings. The number of hydrogen-bond donors (Lipinski definition) is 0. The minimum Gasteiger partial charge on any atom is -0.462 e. The van der Waals surface area contributed by atoms with E-state index in [0.29, 0.717) is 24.0 Å². The van der Waals surface area contributed by atoms with Crippen molar-refractivity contribution in [2.45, 2.75) is 58.2 Å². The minimum atomic E-state index is -2.68. The highest BCUT2D eigenvalue weighted by Crippen LogP contribution is 2.39. The van der Waals surface area contributed by atoms with E-state index in [0.717, 1.165) is 18.6 Å². The molecule has 4 heteroatoms. The van der Waals surface area contributed by atoms with Gasteiger partial charge in [-0.05, 0) is 36.8 Å². The Morgan fingerprint density at radius 1 is 1.36 bits per heavy atom. The van der Waals surface area contributed by atoms with Crippen LogP contribution in [0.3, 0.4) is 0 Å². The first-order chi connectivity index (χ1) is 10.3. The van der Waals surface area contributed by atoms with Gasteiger partial charge in [-0.1, -0.05) is 38.7 Å². The van der Waals surface area contributed by atoms with Crippen LogP contribution in [0.25, 0.3) is 0 Å². The molecule has 2 aliphatic carbocycles. The van der Waals surface area contributed by atoms with Crippen LogP contribution in [0.1, 0.15) is 46.5 Å². The SMILES string of the molecule is [B]C1C=C(OC2=CC(C(F)(F)CC)CC=C2)CCC1C(C)C. The summed E-state index contributed by atoms with van der Waals surface area (Å²) >= 11 is 0. The van der Waals surface area contributed by atoms with Gasteiger partial charge >= 0.3 is 0 Å². The quantitative estimate of drug-likeness (QED) is 0.617. The van der Waals surface area contributed by atoms with Gasteiger partial charge in [0.25, 0.3) is 5.92 Å². The molecule has 2 rings (SSSR count). The molecule has 0 spiro atoms. The molecule has 0 aromatic heterocycles. The standard InChI is InChI=1S/C18H25BF2O/c1-4-18(20,21)13-6-5-7-14(10-13)22-15-8-9-16(12(2)3)17(19)11-15/h5,7,10-13,16-17H,4,6,8-9H2,1-3H3. The van der Waals surface area contributed by atoms with Gasteiger partial charge in [0, 0.05) is 18.8 Å². The maximum Gasteiger partial charge on any atom is 0.254 e. The largest absolute Gasteiger partial charge is 0.462 e. The average Bonchev–Trinajstić information content (AvgIpc) is 2.47. The van der Waals surface area contributed by atoms with Gasteiger partial charge in [0.2, 0.25) is 0 Å². The third-order valence-corrected chi connectivity index (χ3v) is 4.75. The maximum absolute atomic E-state index is 13.8. The maximum atomic E-state index is 13.8. The second-order valence-corrected chi connectivity index (χ2v) is 6.69. The number of halogens is 2. The van der Waals surface area contributed by atoms with E-state index < -0.39 is 11.8 Å². The zero-order chi connectivity index (χ0) is 16.3. The van der Waals surface area contributed by atoms with Gasteiger partial charge < -0.3 is 4.74 Å². The summed E-state index contributed by atoms with van der Waals surface area (Å²) in [5.74, 6) is -1.16. The van der Waals surface area contributed by atoms with Crippen molar-refractivity contribution in [3.05, 3.63) is 35.8 Å². The Bertz CT molecular complexity index is 479. The van der Waals surface area contributed by atoms with Crippen LogP contribution in [0, 0.1) is 17.8 Å². The van der Waals surface area contributed by atoms with E-state index >= 15 is 0 Å². The fraction of sp³-hybridized carbons (Fsp3) is 0.667. The van der Waals surface area contributed by atoms with Crippen LogP contribution in [-0.4, -0.2) is 13.8 Å². The fourth-order valence-electron chi connectivity index (χ4n) is 3.21. The average molecular weight is 306 g/mol. The molecule has 0 aromatic carbocycles. The lowest BCUT2D eigenvalue weighted by Crippen LogP contribution is -2.27. The molecule has 3 unspecified atom stereocenters. The van der Waals surface area contributed by atoms with Crippen LogP contribution in [0.4, 0.5) is 8.78 Å². The van der Waals surface area contributed by atoms with Crippen molar-refractivity contribution in [2.75, 3.05) is 0 Å². The van der Waals surface area contributed by atoms with E-state index in [2.05, 4.69) is 13.8 Å². The Morgan fingerprint density at radius 2 is 2.09 bits per heavy atom. The van der Waals surface area contributed by atoms with Gasteiger partial charge in [0.15, 0.2) is 0 Å². The molecule has 2 aliphatic rings. The van der Waals surface area contributed by atoms with Crippen molar-refractivity contribution < 1.29 is 13.5 Å². The van der Waals surface area contributed by atoms with Crippen LogP contribution in [0.2, 0.25) is 5.82 Å². The van der Waals surface area contributed by atoms with Crippen molar-refractivity contribution in [2.24, 2.45) is 17.8 Å². The van der Waals surface area contributed by atoms with Gasteiger partial charge in [0.1, 0.15) is 5.76 Å². The highest BCUT2D eigenvalue weighted by molar-refractivity contribution is 6.13. The highest BCUT2D eigenvalue weighted by atomic mass is 19.3. The molecule has 22 heavy (non-hydrogen) atoms. The van der Waals surface area contributed by atoms with Crippen LogP contribution >= 0.6 is 0 Å². The van der Waals surface area contributed by atoms with Gasteiger partial charge in [-0.25, -0.2) is 8.78 Å². The van der Waals surface area contributed by atoms with Crippen LogP contribution in [0.15, 0.2) is 35.8 Å². The Hall–Kier alpha value is -1.06. The van der Waals surface area contributed by atoms with Crippen LogP contribution in [-0.2, 0) is 4.74 Å². The van der Waals surface area contributed by atoms with Gasteiger partial charge in [0.05, 0.1) is 13.6 Å². The summed E-state index contributed by atoms with van der Waals surface area (Å²) in [6, 6.07) is 0. The summed E-state index contributed by atoms with van der Waals surface area (Å²) in [7, 11) is 6.18. The number of ether oxygens (including phenoxy) is 1. The molecule has 0 heterocycles. The van der Waals surface area contributed by atoms with E-state index in [-0.39, 0.29) is 12.2 Å². The predicted octanol–water partition coefficient (Wildman–Crippen LogP) is 5.42. The third-order valence-electron chi connectivity index (χ3n) is 4.75. The molecule has 2 radical (unpaired) electrons. The zero-order valence-electron chi connectivity index (χ0n) is 13.7. The molecule has 0 bridgehead atoms. The summed E-state index contributed by atoms with van der Waals surface area (Å²) in [5.41, 5.74) is 0. The number of hydrogen-bond acceptors (Lipinski definition) is 1. The van der Waals surface area contributed by atoms with E-state index in [1.807, 2.05) is 6.08 Å². The Balaban J connectivity index is 2.05. The van der Waals surface area contributed by atoms with Gasteiger partial charge in [-0.2, -0.15) is 0 Å². The van der Waals surface area contributed by atoms with Gasteiger partial charge in [-0.15, -0.1) is 0 Å². The zero-order valence-corrected chi connectivity index (χ0v) is 13.7. The molecule has 120 valence electrons. The number of alkyl halides is 2.